The van der Waals surface area contributed by atoms with Gasteiger partial charge in [0.1, 0.15) is 42.7 Å². The van der Waals surface area contributed by atoms with Crippen LogP contribution < -0.4 is 0 Å². The molecule has 35 heavy (non-hydrogen) atoms. The molecule has 15 nitrogen and oxygen atoms in total. The first-order chi connectivity index (χ1) is 16.5. The summed E-state index contributed by atoms with van der Waals surface area (Å²) in [6, 6.07) is 0. The van der Waals surface area contributed by atoms with Gasteiger partial charge in [-0.15, -0.1) is 0 Å². The Morgan fingerprint density at radius 3 is 2.03 bits per heavy atom. The number of rotatable bonds is 12. The van der Waals surface area contributed by atoms with E-state index in [-0.39, 0.29) is 0 Å². The van der Waals surface area contributed by atoms with Gasteiger partial charge in [0, 0.05) is 5.92 Å². The van der Waals surface area contributed by atoms with E-state index in [1.807, 2.05) is 0 Å². The molecule has 0 radical (unpaired) electrons. The second-order valence-corrected chi connectivity index (χ2v) is 8.78. The molecule has 208 valence electrons. The minimum absolute atomic E-state index is 0.461. The highest BCUT2D eigenvalue weighted by Gasteiger charge is 2.47. The van der Waals surface area contributed by atoms with Crippen LogP contribution in [0.1, 0.15) is 13.8 Å². The second kappa shape index (κ2) is 13.8. The molecule has 14 atom stereocenters. The highest BCUT2D eigenvalue weighted by molar-refractivity contribution is 4.91. The van der Waals surface area contributed by atoms with Gasteiger partial charge in [0.2, 0.25) is 0 Å². The maximum Gasteiger partial charge on any atom is 0.187 e. The van der Waals surface area contributed by atoms with E-state index in [0.717, 1.165) is 0 Å². The number of hydrogen-bond acceptors (Lipinski definition) is 15. The molecule has 15 heteroatoms. The van der Waals surface area contributed by atoms with Crippen LogP contribution in [0.25, 0.3) is 0 Å². The van der Waals surface area contributed by atoms with E-state index >= 15 is 0 Å². The molecule has 2 rings (SSSR count). The summed E-state index contributed by atoms with van der Waals surface area (Å²) in [6.45, 7) is 0.563. The maximum absolute atomic E-state index is 10.7. The van der Waals surface area contributed by atoms with Crippen LogP contribution in [-0.4, -0.2) is 157 Å². The molecule has 2 aliphatic rings. The lowest BCUT2D eigenvalue weighted by atomic mass is 9.91. The molecular formula is C20H38O15. The molecule has 2 saturated heterocycles. The van der Waals surface area contributed by atoms with Crippen LogP contribution in [0.4, 0.5) is 0 Å². The summed E-state index contributed by atoms with van der Waals surface area (Å²) in [7, 11) is 0. The minimum Gasteiger partial charge on any atom is -0.394 e. The van der Waals surface area contributed by atoms with Crippen LogP contribution in [0.15, 0.2) is 0 Å². The quantitative estimate of drug-likeness (QED) is 0.108. The van der Waals surface area contributed by atoms with Crippen molar-refractivity contribution in [3.8, 4) is 0 Å². The van der Waals surface area contributed by atoms with Gasteiger partial charge >= 0.3 is 0 Å². The van der Waals surface area contributed by atoms with Crippen molar-refractivity contribution in [3.63, 3.8) is 0 Å². The molecule has 2 aliphatic heterocycles. The lowest BCUT2D eigenvalue weighted by Gasteiger charge is -2.42. The molecule has 0 aliphatic carbocycles. The molecule has 0 aromatic rings. The zero-order valence-corrected chi connectivity index (χ0v) is 19.4. The topological polar surface area (TPSA) is 248 Å². The zero-order chi connectivity index (χ0) is 26.4. The molecule has 0 aromatic heterocycles. The van der Waals surface area contributed by atoms with Crippen LogP contribution in [0, 0.1) is 5.92 Å². The molecule has 0 aromatic carbocycles. The van der Waals surface area contributed by atoms with E-state index in [1.54, 1.807) is 6.92 Å². The molecular weight excluding hydrogens is 480 g/mol. The largest absolute Gasteiger partial charge is 0.394 e. The van der Waals surface area contributed by atoms with Gasteiger partial charge < -0.3 is 74.7 Å². The highest BCUT2D eigenvalue weighted by Crippen LogP contribution is 2.28. The average molecular weight is 519 g/mol. The Balaban J connectivity index is 2.08. The molecule has 0 saturated carbocycles. The third-order valence-corrected chi connectivity index (χ3v) is 6.10. The summed E-state index contributed by atoms with van der Waals surface area (Å²) in [6.07, 6.45) is -19.7. The summed E-state index contributed by atoms with van der Waals surface area (Å²) in [5.41, 5.74) is 0. The van der Waals surface area contributed by atoms with E-state index in [2.05, 4.69) is 0 Å². The minimum atomic E-state index is -1.90. The van der Waals surface area contributed by atoms with E-state index < -0.39 is 112 Å². The fourth-order valence-electron chi connectivity index (χ4n) is 3.74. The van der Waals surface area contributed by atoms with Crippen molar-refractivity contribution >= 4 is 0 Å². The Hall–Kier alpha value is -0.600. The average Bonchev–Trinajstić information content (AvgIpc) is 2.85. The molecule has 2 heterocycles. The van der Waals surface area contributed by atoms with Crippen molar-refractivity contribution in [2.75, 3.05) is 26.4 Å². The lowest BCUT2D eigenvalue weighted by molar-refractivity contribution is -0.337. The first kappa shape index (κ1) is 30.6. The van der Waals surface area contributed by atoms with Gasteiger partial charge in [0.25, 0.3) is 0 Å². The van der Waals surface area contributed by atoms with Crippen molar-refractivity contribution in [2.45, 2.75) is 93.8 Å². The molecule has 10 N–H and O–H groups in total. The van der Waals surface area contributed by atoms with E-state index in [4.69, 9.17) is 23.7 Å². The molecule has 0 spiro atoms. The van der Waals surface area contributed by atoms with Gasteiger partial charge in [-0.05, 0) is 6.92 Å². The normalized spacial score (nSPS) is 41.8. The fourth-order valence-corrected chi connectivity index (χ4v) is 3.74. The molecule has 0 bridgehead atoms. The van der Waals surface area contributed by atoms with Crippen LogP contribution >= 0.6 is 0 Å². The fraction of sp³-hybridized carbons (Fsp3) is 1.00. The highest BCUT2D eigenvalue weighted by atomic mass is 16.7. The van der Waals surface area contributed by atoms with Crippen molar-refractivity contribution in [2.24, 2.45) is 5.92 Å². The number of ether oxygens (including phenoxy) is 5. The van der Waals surface area contributed by atoms with Crippen LogP contribution in [-0.2, 0) is 23.7 Å². The van der Waals surface area contributed by atoms with E-state index in [1.165, 1.54) is 6.92 Å². The van der Waals surface area contributed by atoms with Crippen LogP contribution in [0.2, 0.25) is 0 Å². The standard InChI is InChI=1S/C20H38O15/c1-7(3-21)32-20(35-17-11(5-23)33-18(30)15(28)14(17)27)13(26)9(24)6-31-19-16(29)12(25)8(2)10(4-22)34-19/h7-30H,3-6H2,1-2H3/t7-,8?,9-,10+,11+,12-,13?,14+,15?,16?,17?,18+,19+,20-/m0/s1. The van der Waals surface area contributed by atoms with Gasteiger partial charge in [-0.2, -0.15) is 0 Å². The van der Waals surface area contributed by atoms with Crippen LogP contribution in [0.5, 0.6) is 0 Å². The van der Waals surface area contributed by atoms with Crippen LogP contribution in [0.3, 0.4) is 0 Å². The van der Waals surface area contributed by atoms with Crippen molar-refractivity contribution in [1.82, 2.24) is 0 Å². The Morgan fingerprint density at radius 1 is 0.829 bits per heavy atom. The maximum atomic E-state index is 10.7. The van der Waals surface area contributed by atoms with Gasteiger partial charge in [0.05, 0.1) is 44.7 Å². The number of aliphatic hydroxyl groups excluding tert-OH is 10. The predicted octanol–water partition coefficient (Wildman–Crippen LogP) is -5.66. The first-order valence-corrected chi connectivity index (χ1v) is 11.3. The van der Waals surface area contributed by atoms with E-state index in [0.29, 0.717) is 0 Å². The third kappa shape index (κ3) is 7.47. The molecule has 0 amide bonds. The summed E-state index contributed by atoms with van der Waals surface area (Å²) in [5, 5.41) is 99.4. The summed E-state index contributed by atoms with van der Waals surface area (Å²) >= 11 is 0. The number of aliphatic hydroxyl groups is 10. The monoisotopic (exact) mass is 518 g/mol. The second-order valence-electron chi connectivity index (χ2n) is 8.78. The Bertz CT molecular complexity index is 609. The summed E-state index contributed by atoms with van der Waals surface area (Å²) in [4.78, 5) is 0. The van der Waals surface area contributed by atoms with Gasteiger partial charge in [-0.25, -0.2) is 0 Å². The molecule has 2 fully saturated rings. The van der Waals surface area contributed by atoms with Gasteiger partial charge in [-0.3, -0.25) is 0 Å². The SMILES string of the molecule is CC1[C@H](O)C(O)[C@H](OC[C@H](O)C(O)[C@H](OC2[C@H](O)C(O)[C@H](O)O[C@@H]2CO)O[C@@H](C)CO)O[C@@H]1CO. The van der Waals surface area contributed by atoms with Crippen molar-refractivity contribution in [1.29, 1.82) is 0 Å². The summed E-state index contributed by atoms with van der Waals surface area (Å²) < 4.78 is 26.6. The smallest absolute Gasteiger partial charge is 0.187 e. The Labute approximate surface area is 201 Å². The summed E-state index contributed by atoms with van der Waals surface area (Å²) in [5.74, 6) is -0.603. The van der Waals surface area contributed by atoms with E-state index in [9.17, 15) is 51.1 Å². The lowest BCUT2D eigenvalue weighted by Crippen LogP contribution is -2.61. The first-order valence-electron chi connectivity index (χ1n) is 11.3. The van der Waals surface area contributed by atoms with Crippen molar-refractivity contribution < 1.29 is 74.7 Å². The predicted molar refractivity (Wildman–Crippen MR) is 111 cm³/mol. The zero-order valence-electron chi connectivity index (χ0n) is 19.4. The Morgan fingerprint density at radius 2 is 1.46 bits per heavy atom. The van der Waals surface area contributed by atoms with Gasteiger partial charge in [0.15, 0.2) is 18.9 Å². The van der Waals surface area contributed by atoms with Crippen molar-refractivity contribution in [3.05, 3.63) is 0 Å². The number of hydrogen-bond donors (Lipinski definition) is 10. The van der Waals surface area contributed by atoms with Gasteiger partial charge in [-0.1, -0.05) is 6.92 Å². The Kier molecular flexibility index (Phi) is 12.1. The molecule has 5 unspecified atom stereocenters. The third-order valence-electron chi connectivity index (χ3n) is 6.10.